The van der Waals surface area contributed by atoms with E-state index in [9.17, 15) is 0 Å². The van der Waals surface area contributed by atoms with Gasteiger partial charge in [0.25, 0.3) is 0 Å². The van der Waals surface area contributed by atoms with Crippen LogP contribution in [0.4, 0.5) is 0 Å². The molecule has 0 bridgehead atoms. The lowest BCUT2D eigenvalue weighted by Gasteiger charge is -2.12. The van der Waals surface area contributed by atoms with E-state index in [1.807, 2.05) is 40.9 Å². The van der Waals surface area contributed by atoms with Crippen LogP contribution in [-0.4, -0.2) is 9.97 Å². The molecule has 0 radical (unpaired) electrons. The molecule has 234 valence electrons. The summed E-state index contributed by atoms with van der Waals surface area (Å²) >= 11 is 3.72. The van der Waals surface area contributed by atoms with E-state index < -0.39 is 0 Å². The predicted octanol–water partition coefficient (Wildman–Crippen LogP) is 13.5. The van der Waals surface area contributed by atoms with Gasteiger partial charge in [-0.15, -0.1) is 22.7 Å². The quantitative estimate of drug-likeness (QED) is 0.182. The normalized spacial score (nSPS) is 11.6. The summed E-state index contributed by atoms with van der Waals surface area (Å²) in [5.41, 5.74) is 9.76. The van der Waals surface area contributed by atoms with Gasteiger partial charge in [-0.25, -0.2) is 9.97 Å². The highest BCUT2D eigenvalue weighted by Gasteiger charge is 2.15. The third-order valence-corrected chi connectivity index (χ3v) is 11.9. The lowest BCUT2D eigenvalue weighted by molar-refractivity contribution is 1.18. The first-order valence-corrected chi connectivity index (χ1v) is 18.4. The van der Waals surface area contributed by atoms with Crippen molar-refractivity contribution in [3.63, 3.8) is 0 Å². The molecule has 7 aromatic carbocycles. The van der Waals surface area contributed by atoms with Gasteiger partial charge in [0.15, 0.2) is 5.82 Å². The highest BCUT2D eigenvalue weighted by Crippen LogP contribution is 2.42. The SMILES string of the molecule is c1ccc(-c2nc(-c3cccc(-c4cccc5c4sc4ccccc45)c3)cc(-c3cccc(-c4cccc5c4sc4ccccc45)c3)n2)cc1. The maximum Gasteiger partial charge on any atom is 0.160 e. The number of nitrogens with zero attached hydrogens (tertiary/aromatic N) is 2. The lowest BCUT2D eigenvalue weighted by Crippen LogP contribution is -1.96. The molecule has 0 saturated heterocycles. The second-order valence-corrected chi connectivity index (χ2v) is 14.7. The van der Waals surface area contributed by atoms with Crippen LogP contribution in [0.2, 0.25) is 0 Å². The van der Waals surface area contributed by atoms with E-state index in [1.54, 1.807) is 0 Å². The van der Waals surface area contributed by atoms with E-state index in [-0.39, 0.29) is 0 Å². The van der Waals surface area contributed by atoms with Crippen molar-refractivity contribution in [1.29, 1.82) is 0 Å². The van der Waals surface area contributed by atoms with Crippen LogP contribution in [0.5, 0.6) is 0 Å². The van der Waals surface area contributed by atoms with Crippen LogP contribution in [0.1, 0.15) is 0 Å². The molecule has 50 heavy (non-hydrogen) atoms. The van der Waals surface area contributed by atoms with Crippen molar-refractivity contribution >= 4 is 63.0 Å². The Labute approximate surface area is 297 Å². The summed E-state index contributed by atoms with van der Waals surface area (Å²) in [6, 6.07) is 60.7. The van der Waals surface area contributed by atoms with Crippen LogP contribution in [0.3, 0.4) is 0 Å². The fourth-order valence-electron chi connectivity index (χ4n) is 7.10. The minimum absolute atomic E-state index is 0.715. The zero-order valence-corrected chi connectivity index (χ0v) is 28.5. The molecule has 4 heteroatoms. The van der Waals surface area contributed by atoms with Gasteiger partial charge in [0.05, 0.1) is 11.4 Å². The second kappa shape index (κ2) is 11.9. The van der Waals surface area contributed by atoms with Gasteiger partial charge in [-0.1, -0.05) is 140 Å². The molecule has 3 aromatic heterocycles. The first kappa shape index (κ1) is 29.0. The fourth-order valence-corrected chi connectivity index (χ4v) is 9.58. The lowest BCUT2D eigenvalue weighted by atomic mass is 9.98. The summed E-state index contributed by atoms with van der Waals surface area (Å²) in [7, 11) is 0. The molecule has 10 rings (SSSR count). The summed E-state index contributed by atoms with van der Waals surface area (Å²) in [5, 5.41) is 5.22. The first-order chi connectivity index (χ1) is 24.8. The summed E-state index contributed by atoms with van der Waals surface area (Å²) in [4.78, 5) is 10.3. The Hall–Kier alpha value is -5.94. The van der Waals surface area contributed by atoms with Crippen molar-refractivity contribution in [2.75, 3.05) is 0 Å². The fraction of sp³-hybridized carbons (Fsp3) is 0. The minimum atomic E-state index is 0.715. The van der Waals surface area contributed by atoms with Gasteiger partial charge in [0.2, 0.25) is 0 Å². The molecule has 2 nitrogen and oxygen atoms in total. The molecule has 0 saturated carbocycles. The Bertz CT molecular complexity index is 2710. The number of fused-ring (bicyclic) bond motifs is 6. The Morgan fingerprint density at radius 1 is 0.320 bits per heavy atom. The number of hydrogen-bond acceptors (Lipinski definition) is 4. The Kier molecular flexibility index (Phi) is 6.90. The summed E-state index contributed by atoms with van der Waals surface area (Å²) in [6.07, 6.45) is 0. The van der Waals surface area contributed by atoms with Crippen molar-refractivity contribution in [2.24, 2.45) is 0 Å². The number of benzene rings is 7. The van der Waals surface area contributed by atoms with Crippen molar-refractivity contribution in [3.8, 4) is 56.2 Å². The van der Waals surface area contributed by atoms with Crippen molar-refractivity contribution in [1.82, 2.24) is 9.97 Å². The molecule has 0 aliphatic heterocycles. The zero-order valence-electron chi connectivity index (χ0n) is 26.9. The minimum Gasteiger partial charge on any atom is -0.228 e. The van der Waals surface area contributed by atoms with Crippen molar-refractivity contribution in [3.05, 3.63) is 170 Å². The van der Waals surface area contributed by atoms with Gasteiger partial charge in [0.1, 0.15) is 0 Å². The van der Waals surface area contributed by atoms with Crippen LogP contribution < -0.4 is 0 Å². The number of rotatable bonds is 5. The first-order valence-electron chi connectivity index (χ1n) is 16.7. The smallest absolute Gasteiger partial charge is 0.160 e. The molecule has 10 aromatic rings. The molecule has 0 N–H and O–H groups in total. The highest BCUT2D eigenvalue weighted by atomic mass is 32.1. The molecule has 0 spiro atoms. The van der Waals surface area contributed by atoms with Crippen LogP contribution in [0.25, 0.3) is 96.5 Å². The van der Waals surface area contributed by atoms with E-state index >= 15 is 0 Å². The van der Waals surface area contributed by atoms with Crippen LogP contribution in [0.15, 0.2) is 170 Å². The standard InChI is InChI=1S/C46H28N2S2/c1-2-12-29(13-3-1)46-47-40(32-16-8-14-30(26-32)34-20-10-22-38-36-18-4-6-24-42(36)49-44(34)38)28-41(48-46)33-17-9-15-31(27-33)35-21-11-23-39-37-19-5-7-25-43(37)50-45(35)39/h1-28H. The third kappa shape index (κ3) is 4.92. The Balaban J connectivity index is 1.12. The summed E-state index contributed by atoms with van der Waals surface area (Å²) < 4.78 is 5.24. The van der Waals surface area contributed by atoms with Crippen molar-refractivity contribution < 1.29 is 0 Å². The van der Waals surface area contributed by atoms with Gasteiger partial charge < -0.3 is 0 Å². The number of aromatic nitrogens is 2. The maximum absolute atomic E-state index is 5.17. The maximum atomic E-state index is 5.17. The van der Waals surface area contributed by atoms with E-state index in [2.05, 4.69) is 152 Å². The Morgan fingerprint density at radius 3 is 1.28 bits per heavy atom. The largest absolute Gasteiger partial charge is 0.228 e. The van der Waals surface area contributed by atoms with Crippen molar-refractivity contribution in [2.45, 2.75) is 0 Å². The third-order valence-electron chi connectivity index (χ3n) is 9.51. The molecule has 0 amide bonds. The molecule has 0 aliphatic rings. The molecule has 0 fully saturated rings. The monoisotopic (exact) mass is 672 g/mol. The average molecular weight is 673 g/mol. The van der Waals surface area contributed by atoms with Crippen LogP contribution in [0, 0.1) is 0 Å². The van der Waals surface area contributed by atoms with Gasteiger partial charge in [-0.2, -0.15) is 0 Å². The number of hydrogen-bond donors (Lipinski definition) is 0. The van der Waals surface area contributed by atoms with E-state index in [0.717, 1.165) is 28.1 Å². The van der Waals surface area contributed by atoms with E-state index in [1.165, 1.54) is 62.6 Å². The summed E-state index contributed by atoms with van der Waals surface area (Å²) in [6.45, 7) is 0. The van der Waals surface area contributed by atoms with Crippen LogP contribution in [-0.2, 0) is 0 Å². The molecular weight excluding hydrogens is 645 g/mol. The van der Waals surface area contributed by atoms with Gasteiger partial charge in [-0.3, -0.25) is 0 Å². The van der Waals surface area contributed by atoms with E-state index in [0.29, 0.717) is 5.82 Å². The second-order valence-electron chi connectivity index (χ2n) is 12.6. The van der Waals surface area contributed by atoms with Gasteiger partial charge >= 0.3 is 0 Å². The molecule has 0 atom stereocenters. The molecule has 3 heterocycles. The molecular formula is C46H28N2S2. The highest BCUT2D eigenvalue weighted by molar-refractivity contribution is 7.26. The van der Waals surface area contributed by atoms with E-state index in [4.69, 9.17) is 9.97 Å². The average Bonchev–Trinajstić information content (AvgIpc) is 3.77. The summed E-state index contributed by atoms with van der Waals surface area (Å²) in [5.74, 6) is 0.715. The zero-order chi connectivity index (χ0) is 33.0. The van der Waals surface area contributed by atoms with Gasteiger partial charge in [0, 0.05) is 57.0 Å². The van der Waals surface area contributed by atoms with Crippen LogP contribution >= 0.6 is 22.7 Å². The predicted molar refractivity (Wildman–Crippen MR) is 215 cm³/mol. The Morgan fingerprint density at radius 2 is 0.740 bits per heavy atom. The topological polar surface area (TPSA) is 25.8 Å². The van der Waals surface area contributed by atoms with Gasteiger partial charge in [-0.05, 0) is 52.6 Å². The molecule has 0 aliphatic carbocycles. The molecule has 0 unspecified atom stereocenters. The number of thiophene rings is 2.